The molecule has 1 aromatic carbocycles. The maximum atomic E-state index is 4.54. The molecule has 4 heteroatoms. The minimum atomic E-state index is 0.626. The third-order valence-corrected chi connectivity index (χ3v) is 4.56. The number of aromatic nitrogens is 2. The van der Waals surface area contributed by atoms with Crippen molar-refractivity contribution in [1.82, 2.24) is 9.97 Å². The minimum absolute atomic E-state index is 0.626. The highest BCUT2D eigenvalue weighted by Crippen LogP contribution is 2.38. The summed E-state index contributed by atoms with van der Waals surface area (Å²) in [6.07, 6.45) is 2.82. The number of rotatable bonds is 3. The largest absolute Gasteiger partial charge is 0.359 e. The molecule has 1 aliphatic heterocycles. The van der Waals surface area contributed by atoms with Crippen LogP contribution < -0.4 is 4.90 Å². The van der Waals surface area contributed by atoms with Crippen molar-refractivity contribution < 1.29 is 0 Å². The Morgan fingerprint density at radius 1 is 1.32 bits per heavy atom. The number of aryl methyl sites for hydroxylation is 1. The Bertz CT molecular complexity index is 610. The van der Waals surface area contributed by atoms with Crippen LogP contribution in [0.3, 0.4) is 0 Å². The number of benzene rings is 1. The second kappa shape index (κ2) is 5.00. The van der Waals surface area contributed by atoms with E-state index in [0.717, 1.165) is 24.3 Å². The average molecular weight is 273 g/mol. The topological polar surface area (TPSA) is 29.0 Å². The highest BCUT2D eigenvalue weighted by Gasteiger charge is 2.19. The fourth-order valence-electron chi connectivity index (χ4n) is 2.75. The van der Waals surface area contributed by atoms with Crippen molar-refractivity contribution in [2.45, 2.75) is 25.2 Å². The number of hydrogen-bond donors (Lipinski definition) is 0. The molecule has 0 N–H and O–H groups in total. The minimum Gasteiger partial charge on any atom is -0.359 e. The van der Waals surface area contributed by atoms with Crippen molar-refractivity contribution in [3.63, 3.8) is 0 Å². The number of nitrogens with zero attached hydrogens (tertiary/aromatic N) is 3. The Hall–Kier alpha value is -1.29. The van der Waals surface area contributed by atoms with E-state index >= 15 is 0 Å². The summed E-state index contributed by atoms with van der Waals surface area (Å²) in [5.74, 6) is 2.88. The van der Waals surface area contributed by atoms with Gasteiger partial charge in [0, 0.05) is 29.6 Å². The Kier molecular flexibility index (Phi) is 3.35. The summed E-state index contributed by atoms with van der Waals surface area (Å²) in [5.41, 5.74) is 2.51. The van der Waals surface area contributed by atoms with Crippen LogP contribution >= 0.6 is 11.8 Å². The highest BCUT2D eigenvalue weighted by atomic mass is 32.2. The maximum absolute atomic E-state index is 4.54. The van der Waals surface area contributed by atoms with Gasteiger partial charge in [-0.1, -0.05) is 13.8 Å². The Morgan fingerprint density at radius 3 is 2.95 bits per heavy atom. The summed E-state index contributed by atoms with van der Waals surface area (Å²) >= 11 is 1.94. The van der Waals surface area contributed by atoms with E-state index in [1.807, 2.05) is 11.8 Å². The molecular weight excluding hydrogens is 254 g/mol. The first kappa shape index (κ1) is 12.7. The molecule has 0 bridgehead atoms. The lowest BCUT2D eigenvalue weighted by Crippen LogP contribution is -2.24. The molecule has 0 saturated heterocycles. The van der Waals surface area contributed by atoms with Crippen LogP contribution in [0, 0.1) is 5.92 Å². The zero-order chi connectivity index (χ0) is 13.4. The Labute approximate surface area is 118 Å². The Balaban J connectivity index is 2.16. The predicted molar refractivity (Wildman–Crippen MR) is 82.1 cm³/mol. The van der Waals surface area contributed by atoms with Gasteiger partial charge in [-0.3, -0.25) is 0 Å². The normalized spacial score (nSPS) is 14.1. The lowest BCUT2D eigenvalue weighted by molar-refractivity contribution is 0.635. The van der Waals surface area contributed by atoms with E-state index in [4.69, 9.17) is 0 Å². The van der Waals surface area contributed by atoms with Gasteiger partial charge in [-0.05, 0) is 30.0 Å². The van der Waals surface area contributed by atoms with Gasteiger partial charge in [-0.15, -0.1) is 11.8 Å². The van der Waals surface area contributed by atoms with Crippen LogP contribution in [0.2, 0.25) is 0 Å². The van der Waals surface area contributed by atoms with Gasteiger partial charge in [-0.25, -0.2) is 9.97 Å². The molecular formula is C15H19N3S. The molecule has 3 rings (SSSR count). The maximum Gasteiger partial charge on any atom is 0.139 e. The number of thioether (sulfide) groups is 1. The van der Waals surface area contributed by atoms with E-state index in [9.17, 15) is 0 Å². The van der Waals surface area contributed by atoms with Gasteiger partial charge in [0.05, 0.1) is 5.52 Å². The van der Waals surface area contributed by atoms with E-state index in [1.54, 1.807) is 6.33 Å². The molecule has 2 heterocycles. The molecule has 0 saturated carbocycles. The molecule has 2 aromatic rings. The number of anilines is 1. The molecule has 0 aliphatic carbocycles. The smallest absolute Gasteiger partial charge is 0.139 e. The van der Waals surface area contributed by atoms with Gasteiger partial charge in [0.1, 0.15) is 12.1 Å². The van der Waals surface area contributed by atoms with Crippen molar-refractivity contribution in [2.75, 3.05) is 24.2 Å². The van der Waals surface area contributed by atoms with Crippen molar-refractivity contribution >= 4 is 28.5 Å². The van der Waals surface area contributed by atoms with E-state index in [-0.39, 0.29) is 0 Å². The molecule has 100 valence electrons. The summed E-state index contributed by atoms with van der Waals surface area (Å²) in [5, 5.41) is 1.26. The molecule has 0 fully saturated rings. The van der Waals surface area contributed by atoms with Crippen molar-refractivity contribution in [3.8, 4) is 0 Å². The molecule has 0 spiro atoms. The van der Waals surface area contributed by atoms with Crippen LogP contribution in [0.4, 0.5) is 5.82 Å². The highest BCUT2D eigenvalue weighted by molar-refractivity contribution is 7.99. The van der Waals surface area contributed by atoms with Gasteiger partial charge < -0.3 is 4.90 Å². The number of fused-ring (bicyclic) bond motifs is 3. The van der Waals surface area contributed by atoms with Gasteiger partial charge in [0.25, 0.3) is 0 Å². The second-order valence-electron chi connectivity index (χ2n) is 5.51. The molecule has 3 nitrogen and oxygen atoms in total. The molecule has 0 amide bonds. The molecule has 1 aliphatic rings. The molecule has 0 unspecified atom stereocenters. The fraction of sp³-hybridized carbons (Fsp3) is 0.467. The molecule has 0 radical (unpaired) electrons. The first-order valence-electron chi connectivity index (χ1n) is 6.77. The van der Waals surface area contributed by atoms with Crippen LogP contribution in [-0.4, -0.2) is 29.3 Å². The average Bonchev–Trinajstić information content (AvgIpc) is 2.85. The van der Waals surface area contributed by atoms with Gasteiger partial charge in [0.15, 0.2) is 0 Å². The SMILES string of the molecule is CC(C)CN(C)c1ncnc2ccc3c(c12)CCS3. The summed E-state index contributed by atoms with van der Waals surface area (Å²) in [6.45, 7) is 5.49. The van der Waals surface area contributed by atoms with E-state index in [1.165, 1.54) is 21.6 Å². The first-order valence-corrected chi connectivity index (χ1v) is 7.76. The van der Waals surface area contributed by atoms with Crippen LogP contribution in [0.5, 0.6) is 0 Å². The predicted octanol–water partition coefficient (Wildman–Crippen LogP) is 3.37. The van der Waals surface area contributed by atoms with Gasteiger partial charge >= 0.3 is 0 Å². The van der Waals surface area contributed by atoms with Crippen LogP contribution in [-0.2, 0) is 6.42 Å². The lowest BCUT2D eigenvalue weighted by Gasteiger charge is -2.22. The van der Waals surface area contributed by atoms with Crippen LogP contribution in [0.1, 0.15) is 19.4 Å². The zero-order valence-electron chi connectivity index (χ0n) is 11.7. The summed E-state index contributed by atoms with van der Waals surface area (Å²) in [7, 11) is 2.13. The van der Waals surface area contributed by atoms with E-state index in [2.05, 4.69) is 47.9 Å². The Morgan fingerprint density at radius 2 is 2.16 bits per heavy atom. The summed E-state index contributed by atoms with van der Waals surface area (Å²) in [6, 6.07) is 4.33. The first-order chi connectivity index (χ1) is 9.16. The quantitative estimate of drug-likeness (QED) is 0.857. The van der Waals surface area contributed by atoms with Gasteiger partial charge in [0.2, 0.25) is 0 Å². The molecule has 1 aromatic heterocycles. The standard InChI is InChI=1S/C15H19N3S/c1-10(2)8-18(3)15-14-11-6-7-19-13(11)5-4-12(14)16-9-17-15/h4-5,9-10H,6-8H2,1-3H3. The molecule has 19 heavy (non-hydrogen) atoms. The molecule has 0 atom stereocenters. The number of hydrogen-bond acceptors (Lipinski definition) is 4. The third-order valence-electron chi connectivity index (χ3n) is 3.46. The van der Waals surface area contributed by atoms with Crippen molar-refractivity contribution in [3.05, 3.63) is 24.0 Å². The second-order valence-corrected chi connectivity index (χ2v) is 6.64. The van der Waals surface area contributed by atoms with E-state index in [0.29, 0.717) is 5.92 Å². The van der Waals surface area contributed by atoms with Crippen molar-refractivity contribution in [1.29, 1.82) is 0 Å². The van der Waals surface area contributed by atoms with Crippen LogP contribution in [0.15, 0.2) is 23.4 Å². The zero-order valence-corrected chi connectivity index (χ0v) is 12.5. The van der Waals surface area contributed by atoms with Gasteiger partial charge in [-0.2, -0.15) is 0 Å². The monoisotopic (exact) mass is 273 g/mol. The lowest BCUT2D eigenvalue weighted by atomic mass is 10.1. The van der Waals surface area contributed by atoms with Crippen molar-refractivity contribution in [2.24, 2.45) is 5.92 Å². The van der Waals surface area contributed by atoms with E-state index < -0.39 is 0 Å². The fourth-order valence-corrected chi connectivity index (χ4v) is 3.82. The summed E-state index contributed by atoms with van der Waals surface area (Å²) < 4.78 is 0. The van der Waals surface area contributed by atoms with Crippen LogP contribution in [0.25, 0.3) is 10.9 Å². The summed E-state index contributed by atoms with van der Waals surface area (Å²) in [4.78, 5) is 12.6. The third kappa shape index (κ3) is 2.29.